The molecule has 1 fully saturated rings. The minimum Gasteiger partial charge on any atom is -0.496 e. The minimum absolute atomic E-state index is 0.111. The van der Waals surface area contributed by atoms with E-state index in [4.69, 9.17) is 9.26 Å². The van der Waals surface area contributed by atoms with Gasteiger partial charge in [-0.05, 0) is 31.2 Å². The zero-order valence-corrected chi connectivity index (χ0v) is 16.7. The summed E-state index contributed by atoms with van der Waals surface area (Å²) in [7, 11) is -2.06. The molecule has 0 aliphatic carbocycles. The van der Waals surface area contributed by atoms with Crippen molar-refractivity contribution in [1.82, 2.24) is 14.4 Å². The Kier molecular flexibility index (Phi) is 4.93. The van der Waals surface area contributed by atoms with E-state index >= 15 is 0 Å². The molecule has 0 saturated carbocycles. The van der Waals surface area contributed by atoms with E-state index in [1.165, 1.54) is 35.5 Å². The molecule has 4 rings (SSSR count). The van der Waals surface area contributed by atoms with Crippen LogP contribution in [-0.2, 0) is 10.0 Å². The third-order valence-corrected chi connectivity index (χ3v) is 6.73. The standard InChI is InChI=1S/C20H19N3O5S/c1-13(24)14-7-9-16(10-8-14)29(25,26)23-11-15(12-23)20-21-19(22-28-20)17-5-3-4-6-18(17)27-2/h3-10,15H,11-12H2,1-2H3. The molecule has 8 nitrogen and oxygen atoms in total. The van der Waals surface area contributed by atoms with Gasteiger partial charge in [-0.3, -0.25) is 4.79 Å². The summed E-state index contributed by atoms with van der Waals surface area (Å²) in [6.07, 6.45) is 0. The molecular formula is C20H19N3O5S. The molecule has 2 aromatic carbocycles. The lowest BCUT2D eigenvalue weighted by Gasteiger charge is -2.35. The van der Waals surface area contributed by atoms with Crippen LogP contribution in [0.2, 0.25) is 0 Å². The zero-order valence-electron chi connectivity index (χ0n) is 15.9. The van der Waals surface area contributed by atoms with Gasteiger partial charge in [0, 0.05) is 18.7 Å². The molecular weight excluding hydrogens is 394 g/mol. The molecule has 0 spiro atoms. The first-order valence-electron chi connectivity index (χ1n) is 8.98. The van der Waals surface area contributed by atoms with Crippen LogP contribution >= 0.6 is 0 Å². The molecule has 1 aromatic heterocycles. The highest BCUT2D eigenvalue weighted by Gasteiger charge is 2.40. The second-order valence-electron chi connectivity index (χ2n) is 6.76. The van der Waals surface area contributed by atoms with Crippen LogP contribution in [0.15, 0.2) is 57.9 Å². The number of rotatable bonds is 6. The number of ether oxygens (including phenoxy) is 1. The predicted octanol–water partition coefficient (Wildman–Crippen LogP) is 2.74. The zero-order chi connectivity index (χ0) is 20.6. The van der Waals surface area contributed by atoms with Gasteiger partial charge < -0.3 is 9.26 Å². The molecule has 150 valence electrons. The third-order valence-electron chi connectivity index (χ3n) is 4.89. The number of hydrogen-bond donors (Lipinski definition) is 0. The van der Waals surface area contributed by atoms with E-state index in [-0.39, 0.29) is 29.7 Å². The molecule has 0 unspecified atom stereocenters. The van der Waals surface area contributed by atoms with Crippen LogP contribution in [0.5, 0.6) is 5.75 Å². The molecule has 0 amide bonds. The van der Waals surface area contributed by atoms with Crippen molar-refractivity contribution in [3.05, 3.63) is 60.0 Å². The first kappa shape index (κ1) is 19.3. The monoisotopic (exact) mass is 413 g/mol. The van der Waals surface area contributed by atoms with Crippen LogP contribution in [0.3, 0.4) is 0 Å². The summed E-state index contributed by atoms with van der Waals surface area (Å²) in [5.41, 5.74) is 1.18. The first-order valence-corrected chi connectivity index (χ1v) is 10.4. The van der Waals surface area contributed by atoms with E-state index in [1.54, 1.807) is 13.2 Å². The SMILES string of the molecule is COc1ccccc1-c1noc(C2CN(S(=O)(=O)c3ccc(C(C)=O)cc3)C2)n1. The summed E-state index contributed by atoms with van der Waals surface area (Å²) in [6.45, 7) is 1.95. The molecule has 1 saturated heterocycles. The van der Waals surface area contributed by atoms with E-state index in [0.29, 0.717) is 28.6 Å². The summed E-state index contributed by atoms with van der Waals surface area (Å²) in [4.78, 5) is 15.9. The molecule has 3 aromatic rings. The number of para-hydroxylation sites is 1. The van der Waals surface area contributed by atoms with Gasteiger partial charge in [0.2, 0.25) is 21.7 Å². The van der Waals surface area contributed by atoms with E-state index in [9.17, 15) is 13.2 Å². The quantitative estimate of drug-likeness (QED) is 0.573. The Hall–Kier alpha value is -3.04. The number of sulfonamides is 1. The predicted molar refractivity (Wildman–Crippen MR) is 104 cm³/mol. The number of methoxy groups -OCH3 is 1. The lowest BCUT2D eigenvalue weighted by molar-refractivity contribution is 0.101. The van der Waals surface area contributed by atoms with Crippen LogP contribution in [-0.4, -0.2) is 48.8 Å². The van der Waals surface area contributed by atoms with Gasteiger partial charge in [0.25, 0.3) is 0 Å². The fourth-order valence-electron chi connectivity index (χ4n) is 3.14. The maximum absolute atomic E-state index is 12.7. The lowest BCUT2D eigenvalue weighted by atomic mass is 10.0. The molecule has 1 aliphatic rings. The normalized spacial score (nSPS) is 15.1. The third kappa shape index (κ3) is 3.54. The average molecular weight is 413 g/mol. The van der Waals surface area contributed by atoms with E-state index < -0.39 is 10.0 Å². The number of benzene rings is 2. The van der Waals surface area contributed by atoms with Crippen molar-refractivity contribution in [3.8, 4) is 17.1 Å². The summed E-state index contributed by atoms with van der Waals surface area (Å²) < 4.78 is 37.5. The summed E-state index contributed by atoms with van der Waals surface area (Å²) >= 11 is 0. The van der Waals surface area contributed by atoms with Gasteiger partial charge in [-0.15, -0.1) is 0 Å². The smallest absolute Gasteiger partial charge is 0.243 e. The number of aromatic nitrogens is 2. The van der Waals surface area contributed by atoms with Crippen molar-refractivity contribution in [2.45, 2.75) is 17.7 Å². The van der Waals surface area contributed by atoms with Crippen molar-refractivity contribution in [2.24, 2.45) is 0 Å². The first-order chi connectivity index (χ1) is 13.9. The second-order valence-corrected chi connectivity index (χ2v) is 8.69. The van der Waals surface area contributed by atoms with Gasteiger partial charge in [-0.1, -0.05) is 29.4 Å². The molecule has 0 radical (unpaired) electrons. The average Bonchev–Trinajstić information content (AvgIpc) is 3.16. The van der Waals surface area contributed by atoms with Crippen molar-refractivity contribution < 1.29 is 22.5 Å². The van der Waals surface area contributed by atoms with Crippen LogP contribution < -0.4 is 4.74 Å². The molecule has 0 bridgehead atoms. The highest BCUT2D eigenvalue weighted by Crippen LogP contribution is 2.33. The summed E-state index contributed by atoms with van der Waals surface area (Å²) in [5.74, 6) is 1.15. The van der Waals surface area contributed by atoms with E-state index in [2.05, 4.69) is 10.1 Å². The molecule has 0 atom stereocenters. The van der Waals surface area contributed by atoms with Crippen molar-refractivity contribution >= 4 is 15.8 Å². The Labute approximate surface area is 168 Å². The maximum Gasteiger partial charge on any atom is 0.243 e. The maximum atomic E-state index is 12.7. The number of nitrogens with zero attached hydrogens (tertiary/aromatic N) is 3. The Balaban J connectivity index is 1.47. The highest BCUT2D eigenvalue weighted by atomic mass is 32.2. The summed E-state index contributed by atoms with van der Waals surface area (Å²) in [6, 6.07) is 13.3. The van der Waals surface area contributed by atoms with Gasteiger partial charge in [-0.2, -0.15) is 9.29 Å². The molecule has 2 heterocycles. The van der Waals surface area contributed by atoms with E-state index in [1.807, 2.05) is 18.2 Å². The molecule has 0 N–H and O–H groups in total. The Morgan fingerprint density at radius 3 is 2.48 bits per heavy atom. The Morgan fingerprint density at radius 2 is 1.83 bits per heavy atom. The van der Waals surface area contributed by atoms with Crippen LogP contribution in [0.4, 0.5) is 0 Å². The van der Waals surface area contributed by atoms with Crippen LogP contribution in [0, 0.1) is 0 Å². The van der Waals surface area contributed by atoms with Gasteiger partial charge >= 0.3 is 0 Å². The van der Waals surface area contributed by atoms with Crippen LogP contribution in [0.25, 0.3) is 11.4 Å². The lowest BCUT2D eigenvalue weighted by Crippen LogP contribution is -2.48. The van der Waals surface area contributed by atoms with Crippen LogP contribution in [0.1, 0.15) is 29.1 Å². The van der Waals surface area contributed by atoms with Gasteiger partial charge in [0.05, 0.1) is 23.5 Å². The van der Waals surface area contributed by atoms with Gasteiger partial charge in [-0.25, -0.2) is 8.42 Å². The van der Waals surface area contributed by atoms with Crippen molar-refractivity contribution in [3.63, 3.8) is 0 Å². The topological polar surface area (TPSA) is 103 Å². The number of carbonyl (C=O) groups is 1. The fourth-order valence-corrected chi connectivity index (χ4v) is 4.67. The summed E-state index contributed by atoms with van der Waals surface area (Å²) in [5, 5.41) is 4.00. The molecule has 29 heavy (non-hydrogen) atoms. The number of carbonyl (C=O) groups excluding carboxylic acids is 1. The number of hydrogen-bond acceptors (Lipinski definition) is 7. The van der Waals surface area contributed by atoms with E-state index in [0.717, 1.165) is 0 Å². The second kappa shape index (κ2) is 7.41. The largest absolute Gasteiger partial charge is 0.496 e. The van der Waals surface area contributed by atoms with Crippen molar-refractivity contribution in [1.29, 1.82) is 0 Å². The van der Waals surface area contributed by atoms with Crippen molar-refractivity contribution in [2.75, 3.05) is 20.2 Å². The number of ketones is 1. The van der Waals surface area contributed by atoms with Gasteiger partial charge in [0.1, 0.15) is 5.75 Å². The fraction of sp³-hybridized carbons (Fsp3) is 0.250. The molecule has 9 heteroatoms. The van der Waals surface area contributed by atoms with Gasteiger partial charge in [0.15, 0.2) is 5.78 Å². The Bertz CT molecular complexity index is 1150. The Morgan fingerprint density at radius 1 is 1.14 bits per heavy atom. The number of Topliss-reactive ketones (excluding diaryl/α,β-unsaturated/α-hetero) is 1. The molecule has 1 aliphatic heterocycles. The minimum atomic E-state index is -3.63. The highest BCUT2D eigenvalue weighted by molar-refractivity contribution is 7.89.